The third kappa shape index (κ3) is 6.37. The number of piperazine rings is 1. The molecule has 2 amide bonds. The van der Waals surface area contributed by atoms with E-state index >= 15 is 0 Å². The van der Waals surface area contributed by atoms with Gasteiger partial charge in [0.25, 0.3) is 0 Å². The highest BCUT2D eigenvalue weighted by atomic mass is 16.5. The molecule has 2 atom stereocenters. The van der Waals surface area contributed by atoms with Crippen LogP contribution in [0, 0.1) is 11.8 Å². The van der Waals surface area contributed by atoms with E-state index in [-0.39, 0.29) is 23.8 Å². The maximum atomic E-state index is 12.8. The number of likely N-dealkylation sites (tertiary alicyclic amines) is 1. The van der Waals surface area contributed by atoms with E-state index in [9.17, 15) is 9.59 Å². The molecule has 1 aromatic rings. The van der Waals surface area contributed by atoms with Gasteiger partial charge in [0.2, 0.25) is 11.8 Å². The first-order valence-corrected chi connectivity index (χ1v) is 12.1. The molecular formula is C25H40N4O3. The zero-order chi connectivity index (χ0) is 23.1. The van der Waals surface area contributed by atoms with E-state index in [1.165, 1.54) is 5.69 Å². The van der Waals surface area contributed by atoms with Gasteiger partial charge in [-0.1, -0.05) is 13.8 Å². The maximum absolute atomic E-state index is 12.8. The van der Waals surface area contributed by atoms with Gasteiger partial charge >= 0.3 is 0 Å². The van der Waals surface area contributed by atoms with Gasteiger partial charge in [0.05, 0.1) is 13.0 Å². The van der Waals surface area contributed by atoms with Crippen LogP contribution in [0.5, 0.6) is 5.75 Å². The fourth-order valence-corrected chi connectivity index (χ4v) is 4.79. The molecule has 2 aliphatic rings. The van der Waals surface area contributed by atoms with E-state index in [4.69, 9.17) is 4.74 Å². The summed E-state index contributed by atoms with van der Waals surface area (Å²) in [5, 5.41) is 3.13. The van der Waals surface area contributed by atoms with Crippen LogP contribution in [-0.4, -0.2) is 80.6 Å². The highest BCUT2D eigenvalue weighted by Crippen LogP contribution is 2.25. The average molecular weight is 445 g/mol. The SMILES string of the molecule is COc1ccc(N2CCN(CCCNC(=O)[C@@H]3CCC(=O)N(CC(C)C)[C@@H]3C)CC2)cc1. The number of anilines is 1. The Kier molecular flexibility index (Phi) is 8.79. The second-order valence-electron chi connectivity index (χ2n) is 9.50. The largest absolute Gasteiger partial charge is 0.497 e. The third-order valence-electron chi connectivity index (χ3n) is 6.72. The molecular weight excluding hydrogens is 404 g/mol. The Balaban J connectivity index is 1.35. The molecule has 0 aliphatic carbocycles. The number of hydrogen-bond donors (Lipinski definition) is 1. The predicted molar refractivity (Wildman–Crippen MR) is 128 cm³/mol. The number of ether oxygens (including phenoxy) is 1. The molecule has 0 aromatic heterocycles. The fourth-order valence-electron chi connectivity index (χ4n) is 4.79. The van der Waals surface area contributed by atoms with Crippen molar-refractivity contribution in [2.45, 2.75) is 46.1 Å². The van der Waals surface area contributed by atoms with Crippen LogP contribution in [0.1, 0.15) is 40.0 Å². The zero-order valence-corrected chi connectivity index (χ0v) is 20.2. The van der Waals surface area contributed by atoms with Crippen LogP contribution >= 0.6 is 0 Å². The van der Waals surface area contributed by atoms with Gasteiger partial charge in [-0.15, -0.1) is 0 Å². The highest BCUT2D eigenvalue weighted by molar-refractivity contribution is 5.84. The first-order chi connectivity index (χ1) is 15.4. The number of hydrogen-bond acceptors (Lipinski definition) is 5. The second-order valence-corrected chi connectivity index (χ2v) is 9.50. The number of nitrogens with zero attached hydrogens (tertiary/aromatic N) is 3. The zero-order valence-electron chi connectivity index (χ0n) is 20.2. The van der Waals surface area contributed by atoms with E-state index in [0.29, 0.717) is 25.3 Å². The van der Waals surface area contributed by atoms with Crippen LogP contribution in [-0.2, 0) is 9.59 Å². The van der Waals surface area contributed by atoms with Crippen molar-refractivity contribution >= 4 is 17.5 Å². The Morgan fingerprint density at radius 1 is 1.16 bits per heavy atom. The quantitative estimate of drug-likeness (QED) is 0.593. The van der Waals surface area contributed by atoms with Crippen molar-refractivity contribution in [3.8, 4) is 5.75 Å². The van der Waals surface area contributed by atoms with Crippen molar-refractivity contribution in [2.24, 2.45) is 11.8 Å². The lowest BCUT2D eigenvalue weighted by molar-refractivity contribution is -0.143. The molecule has 0 spiro atoms. The molecule has 7 nitrogen and oxygen atoms in total. The van der Waals surface area contributed by atoms with Gasteiger partial charge in [-0.05, 0) is 56.5 Å². The summed E-state index contributed by atoms with van der Waals surface area (Å²) in [7, 11) is 1.69. The number of carbonyl (C=O) groups is 2. The summed E-state index contributed by atoms with van der Waals surface area (Å²) >= 11 is 0. The number of piperidine rings is 1. The number of carbonyl (C=O) groups excluding carboxylic acids is 2. The van der Waals surface area contributed by atoms with Crippen molar-refractivity contribution < 1.29 is 14.3 Å². The fraction of sp³-hybridized carbons (Fsp3) is 0.680. The number of benzene rings is 1. The molecule has 0 bridgehead atoms. The standard InChI is InChI=1S/C25H40N4O3/c1-19(2)18-29-20(3)23(10-11-24(29)30)25(31)26-12-5-13-27-14-16-28(17-15-27)21-6-8-22(32-4)9-7-21/h6-9,19-20,23H,5,10-18H2,1-4H3,(H,26,31)/t20-,23-/m1/s1. The minimum atomic E-state index is -0.0977. The summed E-state index contributed by atoms with van der Waals surface area (Å²) in [5.41, 5.74) is 1.24. The molecule has 1 N–H and O–H groups in total. The first kappa shape index (κ1) is 24.4. The number of rotatable bonds is 9. The monoisotopic (exact) mass is 444 g/mol. The molecule has 1 aromatic carbocycles. The smallest absolute Gasteiger partial charge is 0.225 e. The van der Waals surface area contributed by atoms with E-state index in [0.717, 1.165) is 51.4 Å². The van der Waals surface area contributed by atoms with Gasteiger partial charge in [0.15, 0.2) is 0 Å². The number of methoxy groups -OCH3 is 1. The second kappa shape index (κ2) is 11.5. The first-order valence-electron chi connectivity index (χ1n) is 12.1. The normalized spacial score (nSPS) is 22.3. The number of amides is 2. The van der Waals surface area contributed by atoms with Crippen LogP contribution in [0.4, 0.5) is 5.69 Å². The van der Waals surface area contributed by atoms with Crippen LogP contribution in [0.2, 0.25) is 0 Å². The summed E-state index contributed by atoms with van der Waals surface area (Å²) in [6.45, 7) is 12.8. The lowest BCUT2D eigenvalue weighted by Gasteiger charge is -2.39. The Bertz CT molecular complexity index is 744. The molecule has 2 fully saturated rings. The van der Waals surface area contributed by atoms with Crippen LogP contribution in [0.25, 0.3) is 0 Å². The van der Waals surface area contributed by atoms with E-state index in [2.05, 4.69) is 41.1 Å². The molecule has 2 aliphatic heterocycles. The summed E-state index contributed by atoms with van der Waals surface area (Å²) in [6, 6.07) is 8.23. The van der Waals surface area contributed by atoms with E-state index in [1.807, 2.05) is 24.0 Å². The molecule has 7 heteroatoms. The molecule has 3 rings (SSSR count). The molecule has 0 saturated carbocycles. The lowest BCUT2D eigenvalue weighted by Crippen LogP contribution is -2.53. The van der Waals surface area contributed by atoms with Gasteiger partial charge < -0.3 is 19.9 Å². The van der Waals surface area contributed by atoms with Crippen LogP contribution in [0.15, 0.2) is 24.3 Å². The predicted octanol–water partition coefficient (Wildman–Crippen LogP) is 2.61. The van der Waals surface area contributed by atoms with Crippen molar-refractivity contribution in [3.63, 3.8) is 0 Å². The molecule has 178 valence electrons. The highest BCUT2D eigenvalue weighted by Gasteiger charge is 2.36. The summed E-state index contributed by atoms with van der Waals surface area (Å²) in [5.74, 6) is 1.48. The van der Waals surface area contributed by atoms with Crippen LogP contribution < -0.4 is 15.0 Å². The van der Waals surface area contributed by atoms with Crippen molar-refractivity contribution in [3.05, 3.63) is 24.3 Å². The Labute approximate surface area is 193 Å². The van der Waals surface area contributed by atoms with Gasteiger partial charge in [-0.3, -0.25) is 14.5 Å². The van der Waals surface area contributed by atoms with Gasteiger partial charge in [-0.2, -0.15) is 0 Å². The Morgan fingerprint density at radius 2 is 1.84 bits per heavy atom. The molecule has 32 heavy (non-hydrogen) atoms. The molecule has 0 radical (unpaired) electrons. The van der Waals surface area contributed by atoms with E-state index < -0.39 is 0 Å². The van der Waals surface area contributed by atoms with Crippen molar-refractivity contribution in [2.75, 3.05) is 57.8 Å². The lowest BCUT2D eigenvalue weighted by atomic mass is 9.88. The summed E-state index contributed by atoms with van der Waals surface area (Å²) in [6.07, 6.45) is 2.09. The summed E-state index contributed by atoms with van der Waals surface area (Å²) < 4.78 is 5.24. The minimum absolute atomic E-state index is 0.0234. The van der Waals surface area contributed by atoms with Crippen LogP contribution in [0.3, 0.4) is 0 Å². The number of nitrogens with one attached hydrogen (secondary N) is 1. The summed E-state index contributed by atoms with van der Waals surface area (Å²) in [4.78, 5) is 31.8. The Morgan fingerprint density at radius 3 is 2.47 bits per heavy atom. The van der Waals surface area contributed by atoms with Gasteiger partial charge in [0, 0.05) is 57.4 Å². The molecule has 0 unspecified atom stereocenters. The van der Waals surface area contributed by atoms with Crippen molar-refractivity contribution in [1.82, 2.24) is 15.1 Å². The van der Waals surface area contributed by atoms with Gasteiger partial charge in [0.1, 0.15) is 5.75 Å². The van der Waals surface area contributed by atoms with Crippen molar-refractivity contribution in [1.29, 1.82) is 0 Å². The molecule has 2 saturated heterocycles. The van der Waals surface area contributed by atoms with Gasteiger partial charge in [-0.25, -0.2) is 0 Å². The topological polar surface area (TPSA) is 65.1 Å². The Hall–Kier alpha value is -2.28. The van der Waals surface area contributed by atoms with E-state index in [1.54, 1.807) is 7.11 Å². The minimum Gasteiger partial charge on any atom is -0.497 e. The molecule has 2 heterocycles. The third-order valence-corrected chi connectivity index (χ3v) is 6.72. The average Bonchev–Trinajstić information content (AvgIpc) is 2.79. The maximum Gasteiger partial charge on any atom is 0.225 e.